The molecule has 0 bridgehead atoms. The summed E-state index contributed by atoms with van der Waals surface area (Å²) in [5, 5.41) is 3.20. The van der Waals surface area contributed by atoms with Gasteiger partial charge in [0.25, 0.3) is 0 Å². The van der Waals surface area contributed by atoms with Crippen LogP contribution in [0.1, 0.15) is 36.8 Å². The van der Waals surface area contributed by atoms with Crippen LogP contribution in [-0.4, -0.2) is 25.7 Å². The summed E-state index contributed by atoms with van der Waals surface area (Å²) in [6.07, 6.45) is 1.48. The van der Waals surface area contributed by atoms with E-state index in [1.54, 1.807) is 0 Å². The Morgan fingerprint density at radius 1 is 1.04 bits per heavy atom. The molecule has 2 aromatic rings. The Hall–Kier alpha value is -2.13. The molecule has 1 heterocycles. The zero-order valence-electron chi connectivity index (χ0n) is 14.2. The van der Waals surface area contributed by atoms with Crippen molar-refractivity contribution in [2.24, 2.45) is 0 Å². The standard InChI is InChI=1S/C21H25NO2/c1-17(18-8-4-2-5-9-18)16-22-20(23)21(12-14-24-15-13-21)19-10-6-3-7-11-19/h2-11,17H,12-16H2,1H3,(H,22,23). The molecule has 0 aromatic heterocycles. The lowest BCUT2D eigenvalue weighted by Gasteiger charge is -2.36. The Morgan fingerprint density at radius 2 is 1.62 bits per heavy atom. The summed E-state index contributed by atoms with van der Waals surface area (Å²) in [7, 11) is 0. The van der Waals surface area contributed by atoms with E-state index in [4.69, 9.17) is 4.74 Å². The summed E-state index contributed by atoms with van der Waals surface area (Å²) in [6.45, 7) is 4.07. The third kappa shape index (κ3) is 3.51. The second-order valence-corrected chi connectivity index (χ2v) is 6.58. The SMILES string of the molecule is CC(CNC(=O)C1(c2ccccc2)CCOCC1)c1ccccc1. The van der Waals surface area contributed by atoms with Gasteiger partial charge in [-0.15, -0.1) is 0 Å². The lowest BCUT2D eigenvalue weighted by atomic mass is 9.73. The van der Waals surface area contributed by atoms with Crippen molar-refractivity contribution in [2.45, 2.75) is 31.1 Å². The first-order valence-electron chi connectivity index (χ1n) is 8.69. The molecular formula is C21H25NO2. The van der Waals surface area contributed by atoms with Crippen LogP contribution in [0.2, 0.25) is 0 Å². The highest BCUT2D eigenvalue weighted by molar-refractivity contribution is 5.88. The Morgan fingerprint density at radius 3 is 2.25 bits per heavy atom. The van der Waals surface area contributed by atoms with Gasteiger partial charge in [0.1, 0.15) is 0 Å². The minimum Gasteiger partial charge on any atom is -0.381 e. The minimum atomic E-state index is -0.462. The highest BCUT2D eigenvalue weighted by atomic mass is 16.5. The predicted octanol–water partition coefficient (Wildman–Crippen LogP) is 3.65. The number of amides is 1. The molecule has 2 aromatic carbocycles. The first kappa shape index (κ1) is 16.7. The Bertz CT molecular complexity index is 648. The first-order chi connectivity index (χ1) is 11.7. The third-order valence-electron chi connectivity index (χ3n) is 5.04. The van der Waals surface area contributed by atoms with E-state index < -0.39 is 5.41 Å². The van der Waals surface area contributed by atoms with Gasteiger partial charge in [0.15, 0.2) is 0 Å². The highest BCUT2D eigenvalue weighted by Gasteiger charge is 2.41. The molecule has 1 N–H and O–H groups in total. The van der Waals surface area contributed by atoms with Crippen molar-refractivity contribution < 1.29 is 9.53 Å². The van der Waals surface area contributed by atoms with Gasteiger partial charge in [0.2, 0.25) is 5.91 Å². The largest absolute Gasteiger partial charge is 0.381 e. The van der Waals surface area contributed by atoms with Gasteiger partial charge >= 0.3 is 0 Å². The van der Waals surface area contributed by atoms with Gasteiger partial charge in [-0.1, -0.05) is 67.6 Å². The summed E-state index contributed by atoms with van der Waals surface area (Å²) < 4.78 is 5.51. The van der Waals surface area contributed by atoms with Crippen LogP contribution in [-0.2, 0) is 14.9 Å². The van der Waals surface area contributed by atoms with Crippen LogP contribution in [0.5, 0.6) is 0 Å². The topological polar surface area (TPSA) is 38.3 Å². The number of carbonyl (C=O) groups excluding carboxylic acids is 1. The summed E-state index contributed by atoms with van der Waals surface area (Å²) in [5.74, 6) is 0.419. The molecule has 1 aliphatic heterocycles. The van der Waals surface area contributed by atoms with Crippen LogP contribution in [0, 0.1) is 0 Å². The molecule has 3 nitrogen and oxygen atoms in total. The molecule has 0 saturated carbocycles. The first-order valence-corrected chi connectivity index (χ1v) is 8.69. The summed E-state index contributed by atoms with van der Waals surface area (Å²) >= 11 is 0. The predicted molar refractivity (Wildman–Crippen MR) is 96.0 cm³/mol. The third-order valence-corrected chi connectivity index (χ3v) is 5.04. The molecule has 3 heteroatoms. The fourth-order valence-electron chi connectivity index (χ4n) is 3.44. The summed E-state index contributed by atoms with van der Waals surface area (Å²) in [6, 6.07) is 20.4. The van der Waals surface area contributed by atoms with Crippen molar-refractivity contribution in [3.63, 3.8) is 0 Å². The van der Waals surface area contributed by atoms with Gasteiger partial charge in [0.05, 0.1) is 5.41 Å². The second-order valence-electron chi connectivity index (χ2n) is 6.58. The van der Waals surface area contributed by atoms with E-state index in [1.807, 2.05) is 36.4 Å². The molecule has 1 unspecified atom stereocenters. The van der Waals surface area contributed by atoms with Crippen LogP contribution in [0.4, 0.5) is 0 Å². The van der Waals surface area contributed by atoms with E-state index in [1.165, 1.54) is 5.56 Å². The molecule has 1 aliphatic rings. The van der Waals surface area contributed by atoms with Gasteiger partial charge in [-0.05, 0) is 29.9 Å². The van der Waals surface area contributed by atoms with E-state index in [0.29, 0.717) is 25.7 Å². The normalized spacial score (nSPS) is 17.9. The molecule has 24 heavy (non-hydrogen) atoms. The number of rotatable bonds is 5. The van der Waals surface area contributed by atoms with Crippen molar-refractivity contribution in [1.82, 2.24) is 5.32 Å². The van der Waals surface area contributed by atoms with Crippen LogP contribution >= 0.6 is 0 Å². The molecule has 0 spiro atoms. The maximum absolute atomic E-state index is 13.1. The van der Waals surface area contributed by atoms with Crippen LogP contribution in [0.3, 0.4) is 0 Å². The maximum Gasteiger partial charge on any atom is 0.230 e. The van der Waals surface area contributed by atoms with Gasteiger partial charge < -0.3 is 10.1 Å². The van der Waals surface area contributed by atoms with Crippen molar-refractivity contribution >= 4 is 5.91 Å². The molecular weight excluding hydrogens is 298 g/mol. The number of nitrogens with one attached hydrogen (secondary N) is 1. The smallest absolute Gasteiger partial charge is 0.230 e. The molecule has 1 atom stereocenters. The van der Waals surface area contributed by atoms with Crippen molar-refractivity contribution in [3.05, 3.63) is 71.8 Å². The van der Waals surface area contributed by atoms with Crippen LogP contribution in [0.25, 0.3) is 0 Å². The van der Waals surface area contributed by atoms with E-state index in [0.717, 1.165) is 18.4 Å². The zero-order chi connectivity index (χ0) is 16.8. The van der Waals surface area contributed by atoms with Crippen molar-refractivity contribution in [3.8, 4) is 0 Å². The lowest BCUT2D eigenvalue weighted by molar-refractivity contribution is -0.130. The average molecular weight is 323 g/mol. The number of carbonyl (C=O) groups is 1. The molecule has 1 saturated heterocycles. The second kappa shape index (κ2) is 7.63. The highest BCUT2D eigenvalue weighted by Crippen LogP contribution is 2.35. The Balaban J connectivity index is 1.73. The van der Waals surface area contributed by atoms with E-state index in [9.17, 15) is 4.79 Å². The van der Waals surface area contributed by atoms with Crippen LogP contribution in [0.15, 0.2) is 60.7 Å². The fraction of sp³-hybridized carbons (Fsp3) is 0.381. The average Bonchev–Trinajstić information content (AvgIpc) is 2.67. The van der Waals surface area contributed by atoms with E-state index >= 15 is 0 Å². The van der Waals surface area contributed by atoms with E-state index in [-0.39, 0.29) is 5.91 Å². The number of benzene rings is 2. The Kier molecular flexibility index (Phi) is 5.31. The van der Waals surface area contributed by atoms with Gasteiger partial charge in [-0.2, -0.15) is 0 Å². The molecule has 0 aliphatic carbocycles. The quantitative estimate of drug-likeness (QED) is 0.912. The zero-order valence-corrected chi connectivity index (χ0v) is 14.2. The molecule has 0 radical (unpaired) electrons. The van der Waals surface area contributed by atoms with Crippen LogP contribution < -0.4 is 5.32 Å². The Labute approximate surface area is 144 Å². The minimum absolute atomic E-state index is 0.125. The lowest BCUT2D eigenvalue weighted by Crippen LogP contribution is -2.48. The van der Waals surface area contributed by atoms with E-state index in [2.05, 4.69) is 36.5 Å². The van der Waals surface area contributed by atoms with Gasteiger partial charge in [-0.25, -0.2) is 0 Å². The number of hydrogen-bond donors (Lipinski definition) is 1. The molecule has 1 fully saturated rings. The number of hydrogen-bond acceptors (Lipinski definition) is 2. The van der Waals surface area contributed by atoms with Gasteiger partial charge in [0, 0.05) is 19.8 Å². The fourth-order valence-corrected chi connectivity index (χ4v) is 3.44. The summed E-state index contributed by atoms with van der Waals surface area (Å²) in [5.41, 5.74) is 1.88. The van der Waals surface area contributed by atoms with Crippen molar-refractivity contribution in [2.75, 3.05) is 19.8 Å². The molecule has 1 amide bonds. The number of ether oxygens (including phenoxy) is 1. The monoisotopic (exact) mass is 323 g/mol. The summed E-state index contributed by atoms with van der Waals surface area (Å²) in [4.78, 5) is 13.1. The molecule has 126 valence electrons. The van der Waals surface area contributed by atoms with Crippen molar-refractivity contribution in [1.29, 1.82) is 0 Å². The van der Waals surface area contributed by atoms with Gasteiger partial charge in [-0.3, -0.25) is 4.79 Å². The maximum atomic E-state index is 13.1. The molecule has 3 rings (SSSR count).